The van der Waals surface area contributed by atoms with E-state index in [4.69, 9.17) is 0 Å². The number of halogens is 2. The van der Waals surface area contributed by atoms with Crippen LogP contribution in [0.5, 0.6) is 0 Å². The number of hydrogen-bond donors (Lipinski definition) is 0. The number of nitrogens with zero attached hydrogens (tertiary/aromatic N) is 2. The first-order valence-electron chi connectivity index (χ1n) is 6.27. The third-order valence-electron chi connectivity index (χ3n) is 3.83. The highest BCUT2D eigenvalue weighted by Crippen LogP contribution is 2.35. The van der Waals surface area contributed by atoms with Gasteiger partial charge in [0.1, 0.15) is 11.5 Å². The van der Waals surface area contributed by atoms with Crippen LogP contribution < -0.4 is 0 Å². The number of Topliss-reactive ketones (excluding diaryl/α,β-unsaturated/α-hetero) is 1. The Labute approximate surface area is 119 Å². The van der Waals surface area contributed by atoms with Gasteiger partial charge in [-0.05, 0) is 41.5 Å². The topological polar surface area (TPSA) is 32.7 Å². The quantitative estimate of drug-likeness (QED) is 0.794. The van der Waals surface area contributed by atoms with Gasteiger partial charge >= 0.3 is 0 Å². The molecule has 0 aliphatic carbocycles. The van der Waals surface area contributed by atoms with Crippen LogP contribution >= 0.6 is 15.9 Å². The fraction of sp³-hybridized carbons (Fsp3) is 0.429. The van der Waals surface area contributed by atoms with Crippen molar-refractivity contribution in [1.82, 2.24) is 4.90 Å². The molecule has 0 amide bonds. The lowest BCUT2D eigenvalue weighted by Crippen LogP contribution is -2.28. The van der Waals surface area contributed by atoms with Crippen LogP contribution in [-0.2, 0) is 4.79 Å². The van der Waals surface area contributed by atoms with Gasteiger partial charge in [0.25, 0.3) is 0 Å². The number of benzene rings is 1. The summed E-state index contributed by atoms with van der Waals surface area (Å²) >= 11 is 3.15. The number of carbonyl (C=O) groups is 1. The largest absolute Gasteiger partial charge is 0.304 e. The van der Waals surface area contributed by atoms with Gasteiger partial charge < -0.3 is 4.90 Å². The van der Waals surface area contributed by atoms with Crippen molar-refractivity contribution in [2.45, 2.75) is 18.4 Å². The predicted octanol–water partition coefficient (Wildman–Crippen LogP) is 2.42. The van der Waals surface area contributed by atoms with E-state index in [1.807, 2.05) is 7.05 Å². The standard InChI is InChI=1S/C14H14BrFN2O/c1-18-6-5-14(8-18)7-11(19)13(17-14)9-3-2-4-10(15)12(9)16/h2-4H,5-8H2,1H3/t14-/m0/s1. The smallest absolute Gasteiger partial charge is 0.183 e. The maximum atomic E-state index is 14.1. The summed E-state index contributed by atoms with van der Waals surface area (Å²) in [7, 11) is 2.02. The molecule has 0 saturated carbocycles. The van der Waals surface area contributed by atoms with Crippen LogP contribution in [0.25, 0.3) is 0 Å². The van der Waals surface area contributed by atoms with E-state index in [2.05, 4.69) is 25.8 Å². The van der Waals surface area contributed by atoms with Crippen molar-refractivity contribution >= 4 is 27.4 Å². The predicted molar refractivity (Wildman–Crippen MR) is 75.1 cm³/mol. The van der Waals surface area contributed by atoms with Crippen molar-refractivity contribution in [1.29, 1.82) is 0 Å². The number of likely N-dealkylation sites (tertiary alicyclic amines) is 1. The molecule has 1 aromatic carbocycles. The van der Waals surface area contributed by atoms with Crippen molar-refractivity contribution in [3.8, 4) is 0 Å². The van der Waals surface area contributed by atoms with E-state index in [9.17, 15) is 9.18 Å². The Balaban J connectivity index is 2.03. The van der Waals surface area contributed by atoms with Gasteiger partial charge in [-0.25, -0.2) is 4.39 Å². The highest BCUT2D eigenvalue weighted by atomic mass is 79.9. The van der Waals surface area contributed by atoms with E-state index in [1.165, 1.54) is 0 Å². The van der Waals surface area contributed by atoms with Gasteiger partial charge in [-0.3, -0.25) is 9.79 Å². The van der Waals surface area contributed by atoms with E-state index >= 15 is 0 Å². The first-order valence-corrected chi connectivity index (χ1v) is 7.06. The number of carbonyl (C=O) groups excluding carboxylic acids is 1. The lowest BCUT2D eigenvalue weighted by molar-refractivity contribution is -0.113. The van der Waals surface area contributed by atoms with Crippen LogP contribution in [0, 0.1) is 5.82 Å². The van der Waals surface area contributed by atoms with E-state index in [0.29, 0.717) is 22.2 Å². The highest BCUT2D eigenvalue weighted by Gasteiger charge is 2.44. The molecule has 5 heteroatoms. The summed E-state index contributed by atoms with van der Waals surface area (Å²) in [6, 6.07) is 4.97. The van der Waals surface area contributed by atoms with Crippen LogP contribution in [0.15, 0.2) is 27.7 Å². The molecule has 3 nitrogen and oxygen atoms in total. The Morgan fingerprint density at radius 2 is 2.26 bits per heavy atom. The molecule has 1 saturated heterocycles. The summed E-state index contributed by atoms with van der Waals surface area (Å²) in [5.74, 6) is -0.453. The Bertz CT molecular complexity index is 587. The van der Waals surface area contributed by atoms with Gasteiger partial charge in [0.15, 0.2) is 5.78 Å². The van der Waals surface area contributed by atoms with Gasteiger partial charge in [0.2, 0.25) is 0 Å². The maximum Gasteiger partial charge on any atom is 0.183 e. The zero-order valence-corrected chi connectivity index (χ0v) is 12.2. The van der Waals surface area contributed by atoms with Crippen molar-refractivity contribution in [2.75, 3.05) is 20.1 Å². The Kier molecular flexibility index (Phi) is 3.06. The van der Waals surface area contributed by atoms with E-state index in [1.54, 1.807) is 18.2 Å². The second-order valence-electron chi connectivity index (χ2n) is 5.37. The summed E-state index contributed by atoms with van der Waals surface area (Å²) in [4.78, 5) is 18.9. The number of likely N-dealkylation sites (N-methyl/N-ethyl adjacent to an activating group) is 1. The molecule has 0 bridgehead atoms. The maximum absolute atomic E-state index is 14.1. The number of ketones is 1. The molecule has 19 heavy (non-hydrogen) atoms. The lowest BCUT2D eigenvalue weighted by atomic mass is 9.95. The molecule has 2 aliphatic heterocycles. The van der Waals surface area contributed by atoms with Gasteiger partial charge in [0.05, 0.1) is 10.0 Å². The summed E-state index contributed by atoms with van der Waals surface area (Å²) in [5.41, 5.74) is 0.288. The fourth-order valence-electron chi connectivity index (χ4n) is 2.91. The zero-order valence-electron chi connectivity index (χ0n) is 10.6. The Morgan fingerprint density at radius 3 is 2.95 bits per heavy atom. The van der Waals surface area contributed by atoms with Crippen LogP contribution in [0.4, 0.5) is 4.39 Å². The molecule has 0 unspecified atom stereocenters. The molecule has 1 fully saturated rings. The lowest BCUT2D eigenvalue weighted by Gasteiger charge is -2.17. The van der Waals surface area contributed by atoms with Crippen molar-refractivity contribution < 1.29 is 9.18 Å². The van der Waals surface area contributed by atoms with Gasteiger partial charge in [-0.2, -0.15) is 0 Å². The first kappa shape index (κ1) is 12.9. The van der Waals surface area contributed by atoms with Crippen molar-refractivity contribution in [2.24, 2.45) is 4.99 Å². The second-order valence-corrected chi connectivity index (χ2v) is 6.23. The molecule has 0 aromatic heterocycles. The monoisotopic (exact) mass is 324 g/mol. The zero-order chi connectivity index (χ0) is 13.6. The Hall–Kier alpha value is -1.07. The minimum Gasteiger partial charge on any atom is -0.304 e. The molecular weight excluding hydrogens is 311 g/mol. The first-order chi connectivity index (χ1) is 9.01. The van der Waals surface area contributed by atoms with Crippen molar-refractivity contribution in [3.05, 3.63) is 34.1 Å². The van der Waals surface area contributed by atoms with Gasteiger partial charge in [-0.1, -0.05) is 6.07 Å². The summed E-state index contributed by atoms with van der Waals surface area (Å²) in [5, 5.41) is 0. The molecule has 1 spiro atoms. The average Bonchev–Trinajstić information content (AvgIpc) is 2.87. The summed E-state index contributed by atoms with van der Waals surface area (Å²) < 4.78 is 14.5. The fourth-order valence-corrected chi connectivity index (χ4v) is 3.28. The molecule has 2 heterocycles. The molecular formula is C14H14BrFN2O. The molecule has 0 N–H and O–H groups in total. The third kappa shape index (κ3) is 2.15. The highest BCUT2D eigenvalue weighted by molar-refractivity contribution is 9.10. The SMILES string of the molecule is CN1CC[C@]2(CC(=O)C(c3cccc(Br)c3F)=N2)C1. The van der Waals surface area contributed by atoms with Gasteiger partial charge in [-0.15, -0.1) is 0 Å². The molecule has 1 atom stereocenters. The minimum atomic E-state index is -0.405. The van der Waals surface area contributed by atoms with Crippen LogP contribution in [0.2, 0.25) is 0 Å². The summed E-state index contributed by atoms with van der Waals surface area (Å²) in [6.07, 6.45) is 1.27. The second kappa shape index (κ2) is 4.49. The Morgan fingerprint density at radius 1 is 1.47 bits per heavy atom. The minimum absolute atomic E-state index is 0.0488. The molecule has 2 aliphatic rings. The molecule has 100 valence electrons. The van der Waals surface area contributed by atoms with Gasteiger partial charge in [0, 0.05) is 25.1 Å². The van der Waals surface area contributed by atoms with E-state index in [0.717, 1.165) is 19.5 Å². The van der Waals surface area contributed by atoms with Crippen molar-refractivity contribution in [3.63, 3.8) is 0 Å². The third-order valence-corrected chi connectivity index (χ3v) is 4.44. The molecule has 0 radical (unpaired) electrons. The molecule has 1 aromatic rings. The number of rotatable bonds is 1. The molecule has 3 rings (SSSR count). The van der Waals surface area contributed by atoms with E-state index < -0.39 is 5.82 Å². The average molecular weight is 325 g/mol. The van der Waals surface area contributed by atoms with Crippen LogP contribution in [-0.4, -0.2) is 42.1 Å². The number of hydrogen-bond acceptors (Lipinski definition) is 3. The normalized spacial score (nSPS) is 27.3. The van der Waals surface area contributed by atoms with Crippen LogP contribution in [0.1, 0.15) is 18.4 Å². The van der Waals surface area contributed by atoms with Crippen LogP contribution in [0.3, 0.4) is 0 Å². The van der Waals surface area contributed by atoms with E-state index in [-0.39, 0.29) is 11.3 Å². The number of aliphatic imine (C=N–C) groups is 1. The summed E-state index contributed by atoms with van der Waals surface area (Å²) in [6.45, 7) is 1.71.